The molecule has 7 heteroatoms. The molecule has 1 amide bonds. The lowest BCUT2D eigenvalue weighted by Crippen LogP contribution is -2.16. The fourth-order valence-electron chi connectivity index (χ4n) is 1.11. The van der Waals surface area contributed by atoms with Crippen molar-refractivity contribution < 1.29 is 18.0 Å². The molecule has 17 heavy (non-hydrogen) atoms. The Morgan fingerprint density at radius 2 is 2.18 bits per heavy atom. The van der Waals surface area contributed by atoms with E-state index in [0.717, 1.165) is 0 Å². The molecule has 0 saturated carbocycles. The first-order chi connectivity index (χ1) is 7.78. The Morgan fingerprint density at radius 3 is 2.71 bits per heavy atom. The first kappa shape index (κ1) is 13.8. The fourth-order valence-corrected chi connectivity index (χ4v) is 1.21. The summed E-state index contributed by atoms with van der Waals surface area (Å²) in [6.07, 6.45) is -4.78. The summed E-state index contributed by atoms with van der Waals surface area (Å²) in [6, 6.07) is 1.54. The molecule has 0 aromatic carbocycles. The second kappa shape index (κ2) is 5.35. The van der Waals surface area contributed by atoms with Gasteiger partial charge >= 0.3 is 6.18 Å². The van der Waals surface area contributed by atoms with Crippen molar-refractivity contribution in [2.75, 3.05) is 5.32 Å². The second-order valence-electron chi connectivity index (χ2n) is 3.50. The summed E-state index contributed by atoms with van der Waals surface area (Å²) >= 11 is 5.67. The van der Waals surface area contributed by atoms with Crippen LogP contribution < -0.4 is 5.32 Å². The number of alkyl halides is 3. The number of rotatable bonds is 3. The third kappa shape index (κ3) is 5.04. The maximum atomic E-state index is 11.9. The second-order valence-corrected chi connectivity index (χ2v) is 3.85. The molecule has 0 aliphatic carbocycles. The molecule has 1 heterocycles. The molecule has 3 nitrogen and oxygen atoms in total. The minimum absolute atomic E-state index is 0.290. The van der Waals surface area contributed by atoms with Gasteiger partial charge in [0.15, 0.2) is 0 Å². The Labute approximate surface area is 101 Å². The van der Waals surface area contributed by atoms with Gasteiger partial charge in [-0.1, -0.05) is 11.6 Å². The largest absolute Gasteiger partial charge is 0.389 e. The predicted molar refractivity (Wildman–Crippen MR) is 57.9 cm³/mol. The van der Waals surface area contributed by atoms with Gasteiger partial charge in [0.1, 0.15) is 5.15 Å². The lowest BCUT2D eigenvalue weighted by molar-refractivity contribution is -0.142. The molecular weight excluding hydrogens is 257 g/mol. The highest BCUT2D eigenvalue weighted by atomic mass is 35.5. The molecule has 94 valence electrons. The minimum atomic E-state index is -4.33. The lowest BCUT2D eigenvalue weighted by Gasteiger charge is -2.08. The van der Waals surface area contributed by atoms with Gasteiger partial charge in [-0.05, 0) is 18.6 Å². The Morgan fingerprint density at radius 1 is 1.53 bits per heavy atom. The minimum Gasteiger partial charge on any atom is -0.325 e. The molecule has 0 aliphatic rings. The normalized spacial score (nSPS) is 11.4. The summed E-state index contributed by atoms with van der Waals surface area (Å²) in [4.78, 5) is 15.0. The van der Waals surface area contributed by atoms with Crippen LogP contribution in [0.4, 0.5) is 18.9 Å². The molecule has 1 rings (SSSR count). The van der Waals surface area contributed by atoms with E-state index in [4.69, 9.17) is 11.6 Å². The van der Waals surface area contributed by atoms with Crippen LogP contribution in [0.25, 0.3) is 0 Å². The van der Waals surface area contributed by atoms with E-state index in [9.17, 15) is 18.0 Å². The molecule has 1 aromatic rings. The molecule has 0 aliphatic heterocycles. The first-order valence-electron chi connectivity index (χ1n) is 4.76. The van der Waals surface area contributed by atoms with Crippen LogP contribution >= 0.6 is 11.6 Å². The number of nitrogens with zero attached hydrogens (tertiary/aromatic N) is 1. The number of aromatic nitrogens is 1. The molecule has 0 radical (unpaired) electrons. The summed E-state index contributed by atoms with van der Waals surface area (Å²) < 4.78 is 35.6. The van der Waals surface area contributed by atoms with Gasteiger partial charge in [-0.15, -0.1) is 0 Å². The highest BCUT2D eigenvalue weighted by Gasteiger charge is 2.27. The summed E-state index contributed by atoms with van der Waals surface area (Å²) in [5.74, 6) is -0.703. The maximum Gasteiger partial charge on any atom is 0.389 e. The zero-order chi connectivity index (χ0) is 13.1. The van der Waals surface area contributed by atoms with Crippen LogP contribution in [0.5, 0.6) is 0 Å². The van der Waals surface area contributed by atoms with E-state index < -0.39 is 24.9 Å². The van der Waals surface area contributed by atoms with Crippen molar-refractivity contribution in [1.82, 2.24) is 4.98 Å². The molecule has 0 saturated heterocycles. The van der Waals surface area contributed by atoms with Crippen molar-refractivity contribution in [2.24, 2.45) is 0 Å². The number of hydrogen-bond acceptors (Lipinski definition) is 2. The highest BCUT2D eigenvalue weighted by Crippen LogP contribution is 2.22. The van der Waals surface area contributed by atoms with Crippen LogP contribution in [0.1, 0.15) is 18.4 Å². The van der Waals surface area contributed by atoms with E-state index in [1.165, 1.54) is 6.20 Å². The number of carbonyl (C=O) groups is 1. The quantitative estimate of drug-likeness (QED) is 0.853. The number of aryl methyl sites for hydroxylation is 1. The Kier molecular flexibility index (Phi) is 4.34. The smallest absolute Gasteiger partial charge is 0.325 e. The monoisotopic (exact) mass is 266 g/mol. The molecule has 0 bridgehead atoms. The number of amides is 1. The zero-order valence-corrected chi connectivity index (χ0v) is 9.69. The van der Waals surface area contributed by atoms with Crippen molar-refractivity contribution in [3.8, 4) is 0 Å². The standard InChI is InChI=1S/C10H10ClF3N2O/c1-6-4-7(5-15-9(6)11)16-8(17)2-3-10(12,13)14/h4-5H,2-3H2,1H3,(H,16,17). The fraction of sp³-hybridized carbons (Fsp3) is 0.400. The molecule has 1 aromatic heterocycles. The van der Waals surface area contributed by atoms with Crippen molar-refractivity contribution >= 4 is 23.2 Å². The zero-order valence-electron chi connectivity index (χ0n) is 8.94. The topological polar surface area (TPSA) is 42.0 Å². The Balaban J connectivity index is 2.54. The number of hydrogen-bond donors (Lipinski definition) is 1. The van der Waals surface area contributed by atoms with Gasteiger partial charge in [0.2, 0.25) is 5.91 Å². The predicted octanol–water partition coefficient (Wildman–Crippen LogP) is 3.32. The van der Waals surface area contributed by atoms with Crippen molar-refractivity contribution in [1.29, 1.82) is 0 Å². The van der Waals surface area contributed by atoms with Gasteiger partial charge in [0.05, 0.1) is 18.3 Å². The van der Waals surface area contributed by atoms with Gasteiger partial charge in [0, 0.05) is 6.42 Å². The molecule has 0 spiro atoms. The van der Waals surface area contributed by atoms with Crippen molar-refractivity contribution in [3.63, 3.8) is 0 Å². The van der Waals surface area contributed by atoms with E-state index in [2.05, 4.69) is 10.3 Å². The molecule has 1 N–H and O–H groups in total. The molecule has 0 atom stereocenters. The van der Waals surface area contributed by atoms with Crippen LogP contribution in [0.3, 0.4) is 0 Å². The van der Waals surface area contributed by atoms with Gasteiger partial charge in [-0.3, -0.25) is 4.79 Å². The van der Waals surface area contributed by atoms with Crippen LogP contribution in [-0.2, 0) is 4.79 Å². The average molecular weight is 267 g/mol. The van der Waals surface area contributed by atoms with Crippen molar-refractivity contribution in [3.05, 3.63) is 23.0 Å². The van der Waals surface area contributed by atoms with Gasteiger partial charge in [-0.2, -0.15) is 13.2 Å². The SMILES string of the molecule is Cc1cc(NC(=O)CCC(F)(F)F)cnc1Cl. The van der Waals surface area contributed by atoms with Gasteiger partial charge in [-0.25, -0.2) is 4.98 Å². The average Bonchev–Trinajstić information content (AvgIpc) is 2.20. The molecule has 0 unspecified atom stereocenters. The number of carbonyl (C=O) groups excluding carboxylic acids is 1. The summed E-state index contributed by atoms with van der Waals surface area (Å²) in [6.45, 7) is 1.68. The number of halogens is 4. The van der Waals surface area contributed by atoms with Gasteiger partial charge < -0.3 is 5.32 Å². The van der Waals surface area contributed by atoms with E-state index >= 15 is 0 Å². The van der Waals surface area contributed by atoms with Crippen LogP contribution in [0.2, 0.25) is 5.15 Å². The van der Waals surface area contributed by atoms with Crippen LogP contribution in [0, 0.1) is 6.92 Å². The molecular formula is C10H10ClF3N2O. The number of nitrogens with one attached hydrogen (secondary N) is 1. The summed E-state index contributed by atoms with van der Waals surface area (Å²) in [7, 11) is 0. The Bertz CT molecular complexity index is 421. The maximum absolute atomic E-state index is 11.9. The third-order valence-corrected chi connectivity index (χ3v) is 2.33. The van der Waals surface area contributed by atoms with Crippen LogP contribution in [0.15, 0.2) is 12.3 Å². The number of pyridine rings is 1. The van der Waals surface area contributed by atoms with Crippen LogP contribution in [-0.4, -0.2) is 17.1 Å². The third-order valence-electron chi connectivity index (χ3n) is 1.93. The summed E-state index contributed by atoms with van der Waals surface area (Å²) in [5.41, 5.74) is 0.972. The van der Waals surface area contributed by atoms with E-state index in [0.29, 0.717) is 16.4 Å². The Hall–Kier alpha value is -1.30. The van der Waals surface area contributed by atoms with Crippen molar-refractivity contribution in [2.45, 2.75) is 25.9 Å². The first-order valence-corrected chi connectivity index (χ1v) is 5.14. The van der Waals surface area contributed by atoms with E-state index in [-0.39, 0.29) is 0 Å². The van der Waals surface area contributed by atoms with Gasteiger partial charge in [0.25, 0.3) is 0 Å². The lowest BCUT2D eigenvalue weighted by atomic mass is 10.2. The summed E-state index contributed by atoms with van der Waals surface area (Å²) in [5, 5.41) is 2.61. The number of anilines is 1. The highest BCUT2D eigenvalue weighted by molar-refractivity contribution is 6.30. The molecule has 0 fully saturated rings. The van der Waals surface area contributed by atoms with E-state index in [1.54, 1.807) is 13.0 Å². The van der Waals surface area contributed by atoms with E-state index in [1.807, 2.05) is 0 Å².